The van der Waals surface area contributed by atoms with Crippen molar-refractivity contribution < 1.29 is 29.3 Å². The van der Waals surface area contributed by atoms with E-state index in [0.29, 0.717) is 36.4 Å². The second-order valence-corrected chi connectivity index (χ2v) is 9.21. The van der Waals surface area contributed by atoms with Crippen LogP contribution in [0.3, 0.4) is 0 Å². The van der Waals surface area contributed by atoms with Crippen LogP contribution < -0.4 is 5.32 Å². The van der Waals surface area contributed by atoms with Crippen LogP contribution in [0.1, 0.15) is 59.8 Å². The molecule has 37 heavy (non-hydrogen) atoms. The third-order valence-corrected chi connectivity index (χ3v) is 6.24. The number of aliphatic hydroxyl groups is 2. The summed E-state index contributed by atoms with van der Waals surface area (Å²) in [5.74, 6) is 0.539. The summed E-state index contributed by atoms with van der Waals surface area (Å²) in [4.78, 5) is 23.9. The molecule has 3 N–H and O–H groups in total. The van der Waals surface area contributed by atoms with Gasteiger partial charge in [0.05, 0.1) is 13.2 Å². The van der Waals surface area contributed by atoms with Gasteiger partial charge in [-0.2, -0.15) is 0 Å². The number of fused-ring (bicyclic) bond motifs is 1. The van der Waals surface area contributed by atoms with E-state index in [1.165, 1.54) is 19.4 Å². The first kappa shape index (κ1) is 29.6. The molecule has 1 heterocycles. The highest BCUT2D eigenvalue weighted by Gasteiger charge is 2.34. The maximum Gasteiger partial charge on any atom is 0.410 e. The monoisotopic (exact) mass is 509 g/mol. The Labute approximate surface area is 219 Å². The smallest absolute Gasteiger partial charge is 0.410 e. The molecule has 0 spiro atoms. The lowest BCUT2D eigenvalue weighted by atomic mass is 9.99. The third kappa shape index (κ3) is 9.10. The van der Waals surface area contributed by atoms with Gasteiger partial charge in [-0.15, -0.1) is 0 Å². The van der Waals surface area contributed by atoms with E-state index in [-0.39, 0.29) is 23.0 Å². The van der Waals surface area contributed by atoms with Gasteiger partial charge in [0.1, 0.15) is 22.9 Å². The molecule has 200 valence electrons. The molecule has 0 radical (unpaired) electrons. The molecule has 1 amide bonds. The van der Waals surface area contributed by atoms with Crippen LogP contribution in [0.2, 0.25) is 0 Å². The van der Waals surface area contributed by atoms with Gasteiger partial charge in [-0.1, -0.05) is 49.0 Å². The number of Topliss-reactive ketones (excluding diaryl/α,β-unsaturated/α-hetero) is 1. The van der Waals surface area contributed by atoms with Gasteiger partial charge in [-0.3, -0.25) is 10.1 Å². The molecule has 1 aliphatic carbocycles. The maximum atomic E-state index is 12.9. The first-order valence-electron chi connectivity index (χ1n) is 12.6. The van der Waals surface area contributed by atoms with Crippen molar-refractivity contribution in [3.05, 3.63) is 94.4 Å². The molecule has 0 fully saturated rings. The van der Waals surface area contributed by atoms with Crippen LogP contribution in [0.4, 0.5) is 4.79 Å². The minimum atomic E-state index is -0.530. The van der Waals surface area contributed by atoms with E-state index in [4.69, 9.17) is 4.74 Å². The molecule has 2 aliphatic rings. The third-order valence-electron chi connectivity index (χ3n) is 6.24. The number of alkyl carbamates (subject to hydrolysis) is 1. The van der Waals surface area contributed by atoms with Gasteiger partial charge in [0.2, 0.25) is 5.78 Å². The summed E-state index contributed by atoms with van der Waals surface area (Å²) in [5, 5.41) is 23.4. The fourth-order valence-corrected chi connectivity index (χ4v) is 3.78. The van der Waals surface area contributed by atoms with Crippen molar-refractivity contribution in [2.45, 2.75) is 65.9 Å². The van der Waals surface area contributed by atoms with Crippen LogP contribution in [0.5, 0.6) is 0 Å². The number of carbonyl (C=O) groups is 2. The molecule has 7 heteroatoms. The van der Waals surface area contributed by atoms with Crippen LogP contribution in [0.25, 0.3) is 0 Å². The summed E-state index contributed by atoms with van der Waals surface area (Å²) in [7, 11) is 1.30. The molecule has 7 nitrogen and oxygen atoms in total. The van der Waals surface area contributed by atoms with E-state index >= 15 is 0 Å². The number of carbonyl (C=O) groups excluding carboxylic acids is 2. The average molecular weight is 510 g/mol. The zero-order chi connectivity index (χ0) is 27.4. The Balaban J connectivity index is 1.98. The predicted octanol–water partition coefficient (Wildman–Crippen LogP) is 6.39. The Hall–Kier alpha value is -3.58. The lowest BCUT2D eigenvalue weighted by molar-refractivity contribution is -0.111. The SMILES string of the molecule is C/C=C/C/C=C(\C)C(O)CC/C(C)=C/C=C1\C=C2OC(C(C)CC/C=C/NC(=O)OC)=CC(O)=C2C1=O. The largest absolute Gasteiger partial charge is 0.507 e. The number of methoxy groups -OCH3 is 1. The van der Waals surface area contributed by atoms with Gasteiger partial charge in [-0.05, 0) is 64.5 Å². The molecular weight excluding hydrogens is 470 g/mol. The minimum absolute atomic E-state index is 0.0143. The van der Waals surface area contributed by atoms with Gasteiger partial charge >= 0.3 is 6.09 Å². The molecule has 1 aliphatic heterocycles. The molecule has 0 aromatic carbocycles. The number of aliphatic hydroxyl groups excluding tert-OH is 2. The summed E-state index contributed by atoms with van der Waals surface area (Å²) >= 11 is 0. The molecule has 0 aromatic heterocycles. The Morgan fingerprint density at radius 1 is 1.22 bits per heavy atom. The Morgan fingerprint density at radius 3 is 2.68 bits per heavy atom. The number of hydrogen-bond acceptors (Lipinski definition) is 6. The number of ether oxygens (including phenoxy) is 2. The number of nitrogens with one attached hydrogen (secondary N) is 1. The summed E-state index contributed by atoms with van der Waals surface area (Å²) < 4.78 is 10.5. The average Bonchev–Trinajstić information content (AvgIpc) is 3.20. The number of hydrogen-bond donors (Lipinski definition) is 3. The highest BCUT2D eigenvalue weighted by molar-refractivity contribution is 6.17. The van der Waals surface area contributed by atoms with Crippen molar-refractivity contribution in [3.8, 4) is 0 Å². The lowest BCUT2D eigenvalue weighted by Gasteiger charge is -2.21. The van der Waals surface area contributed by atoms with E-state index in [9.17, 15) is 19.8 Å². The highest BCUT2D eigenvalue weighted by Crippen LogP contribution is 2.37. The molecule has 2 atom stereocenters. The highest BCUT2D eigenvalue weighted by atomic mass is 16.5. The van der Waals surface area contributed by atoms with Crippen LogP contribution in [0.15, 0.2) is 94.4 Å². The van der Waals surface area contributed by atoms with Gasteiger partial charge in [-0.25, -0.2) is 4.79 Å². The predicted molar refractivity (Wildman–Crippen MR) is 145 cm³/mol. The number of rotatable bonds is 12. The number of allylic oxidation sites excluding steroid dienone is 12. The topological polar surface area (TPSA) is 105 Å². The first-order valence-corrected chi connectivity index (χ1v) is 12.6. The fourth-order valence-electron chi connectivity index (χ4n) is 3.78. The zero-order valence-corrected chi connectivity index (χ0v) is 22.4. The fraction of sp³-hybridized carbons (Fsp3) is 0.400. The zero-order valence-electron chi connectivity index (χ0n) is 22.4. The van der Waals surface area contributed by atoms with Gasteiger partial charge in [0.25, 0.3) is 0 Å². The molecular formula is C30H39NO6. The minimum Gasteiger partial charge on any atom is -0.507 e. The Bertz CT molecular complexity index is 1100. The second-order valence-electron chi connectivity index (χ2n) is 9.21. The Morgan fingerprint density at radius 2 is 1.97 bits per heavy atom. The van der Waals surface area contributed by atoms with Crippen molar-refractivity contribution in [1.29, 1.82) is 0 Å². The summed E-state index contributed by atoms with van der Waals surface area (Å²) in [5.41, 5.74) is 2.61. The van der Waals surface area contributed by atoms with Crippen LogP contribution in [0, 0.1) is 5.92 Å². The molecule has 0 saturated carbocycles. The molecule has 0 saturated heterocycles. The quantitative estimate of drug-likeness (QED) is 0.208. The standard InChI is InChI=1S/C30H39NO6/c1-6-7-8-11-21(3)24(32)16-14-20(2)13-15-23-18-27-28(29(23)34)25(33)19-26(37-27)22(4)12-9-10-17-31-30(35)36-5/h6-7,10-11,13,15,17-19,22,24,32-33H,8-9,12,14,16H2,1-5H3,(H,31,35)/b7-6+,17-10+,20-13+,21-11+,23-15+. The van der Waals surface area contributed by atoms with Gasteiger partial charge in [0.15, 0.2) is 0 Å². The van der Waals surface area contributed by atoms with Crippen molar-refractivity contribution in [2.24, 2.45) is 5.92 Å². The van der Waals surface area contributed by atoms with E-state index in [1.807, 2.05) is 58.1 Å². The maximum absolute atomic E-state index is 12.9. The Kier molecular flexibility index (Phi) is 11.9. The van der Waals surface area contributed by atoms with Crippen molar-refractivity contribution in [2.75, 3.05) is 7.11 Å². The van der Waals surface area contributed by atoms with Gasteiger partial charge < -0.3 is 19.7 Å². The summed E-state index contributed by atoms with van der Waals surface area (Å²) in [6.07, 6.45) is 18.6. The van der Waals surface area contributed by atoms with Crippen molar-refractivity contribution >= 4 is 11.9 Å². The molecule has 0 aromatic rings. The second kappa shape index (κ2) is 14.9. The van der Waals surface area contributed by atoms with Crippen LogP contribution in [-0.2, 0) is 14.3 Å². The van der Waals surface area contributed by atoms with E-state index in [1.54, 1.807) is 12.2 Å². The lowest BCUT2D eigenvalue weighted by Crippen LogP contribution is -2.16. The normalized spacial score (nSPS) is 19.2. The molecule has 2 rings (SSSR count). The van der Waals surface area contributed by atoms with E-state index in [2.05, 4.69) is 10.1 Å². The van der Waals surface area contributed by atoms with Crippen LogP contribution in [-0.4, -0.2) is 35.3 Å². The van der Waals surface area contributed by atoms with Gasteiger partial charge in [0, 0.05) is 23.8 Å². The molecule has 2 unspecified atom stereocenters. The molecule has 0 bridgehead atoms. The number of amides is 1. The van der Waals surface area contributed by atoms with E-state index in [0.717, 1.165) is 24.0 Å². The van der Waals surface area contributed by atoms with Crippen molar-refractivity contribution in [1.82, 2.24) is 5.32 Å². The van der Waals surface area contributed by atoms with Crippen molar-refractivity contribution in [3.63, 3.8) is 0 Å². The first-order chi connectivity index (χ1) is 17.7. The number of ketones is 1. The van der Waals surface area contributed by atoms with E-state index < -0.39 is 12.2 Å². The van der Waals surface area contributed by atoms with Crippen LogP contribution >= 0.6 is 0 Å². The summed E-state index contributed by atoms with van der Waals surface area (Å²) in [6.45, 7) is 7.84. The summed E-state index contributed by atoms with van der Waals surface area (Å²) in [6, 6.07) is 0.